The van der Waals surface area contributed by atoms with Crippen LogP contribution in [0.25, 0.3) is 10.9 Å². The molecule has 21 heavy (non-hydrogen) atoms. The first-order valence-electron chi connectivity index (χ1n) is 7.11. The van der Waals surface area contributed by atoms with Crippen LogP contribution >= 0.6 is 0 Å². The summed E-state index contributed by atoms with van der Waals surface area (Å²) in [5.41, 5.74) is 6.62. The summed E-state index contributed by atoms with van der Waals surface area (Å²) in [6.07, 6.45) is 3.07. The number of nitrogens with zero attached hydrogens (tertiary/aromatic N) is 2. The highest BCUT2D eigenvalue weighted by Gasteiger charge is 2.34. The molecule has 0 aliphatic carbocycles. The molecule has 0 radical (unpaired) electrons. The van der Waals surface area contributed by atoms with Gasteiger partial charge in [0.1, 0.15) is 0 Å². The molecular formula is C15H19N3O2S. The Hall–Kier alpha value is -1.50. The van der Waals surface area contributed by atoms with E-state index >= 15 is 0 Å². The van der Waals surface area contributed by atoms with Gasteiger partial charge in [-0.15, -0.1) is 0 Å². The number of rotatable bonds is 2. The van der Waals surface area contributed by atoms with Crippen molar-refractivity contribution in [3.05, 3.63) is 36.5 Å². The molecule has 2 aromatic rings. The molecule has 5 nitrogen and oxygen atoms in total. The predicted molar refractivity (Wildman–Crippen MR) is 82.3 cm³/mol. The first kappa shape index (κ1) is 14.4. The van der Waals surface area contributed by atoms with Crippen LogP contribution < -0.4 is 5.73 Å². The van der Waals surface area contributed by atoms with Gasteiger partial charge < -0.3 is 5.73 Å². The fourth-order valence-electron chi connectivity index (χ4n) is 2.97. The number of piperidine rings is 1. The first-order chi connectivity index (χ1) is 10.00. The smallest absolute Gasteiger partial charge is 0.243 e. The van der Waals surface area contributed by atoms with Crippen LogP contribution in [0.5, 0.6) is 0 Å². The Balaban J connectivity index is 2.09. The van der Waals surface area contributed by atoms with Crippen LogP contribution in [-0.2, 0) is 10.0 Å². The largest absolute Gasteiger partial charge is 0.328 e. The maximum Gasteiger partial charge on any atom is 0.243 e. The molecule has 1 fully saturated rings. The van der Waals surface area contributed by atoms with Crippen molar-refractivity contribution in [2.45, 2.75) is 36.7 Å². The van der Waals surface area contributed by atoms with E-state index in [2.05, 4.69) is 4.98 Å². The number of aromatic nitrogens is 1. The summed E-state index contributed by atoms with van der Waals surface area (Å²) in [5, 5.41) is 0.669. The van der Waals surface area contributed by atoms with Crippen LogP contribution in [0.2, 0.25) is 0 Å². The highest BCUT2D eigenvalue weighted by atomic mass is 32.2. The molecule has 0 spiro atoms. The Morgan fingerprint density at radius 3 is 2.86 bits per heavy atom. The zero-order valence-corrected chi connectivity index (χ0v) is 12.8. The van der Waals surface area contributed by atoms with Gasteiger partial charge in [-0.1, -0.05) is 6.07 Å². The van der Waals surface area contributed by atoms with Crippen molar-refractivity contribution >= 4 is 20.9 Å². The van der Waals surface area contributed by atoms with Gasteiger partial charge in [0.15, 0.2) is 0 Å². The van der Waals surface area contributed by atoms with Crippen molar-refractivity contribution in [2.24, 2.45) is 5.73 Å². The van der Waals surface area contributed by atoms with Gasteiger partial charge in [0, 0.05) is 30.2 Å². The number of sulfonamides is 1. The number of pyridine rings is 1. The van der Waals surface area contributed by atoms with E-state index in [1.807, 2.05) is 13.0 Å². The Morgan fingerprint density at radius 2 is 2.10 bits per heavy atom. The van der Waals surface area contributed by atoms with E-state index in [0.29, 0.717) is 35.2 Å². The van der Waals surface area contributed by atoms with E-state index < -0.39 is 10.0 Å². The Bertz CT molecular complexity index is 755. The summed E-state index contributed by atoms with van der Waals surface area (Å²) in [5.74, 6) is 0. The standard InChI is InChI=1S/C15H19N3O2S/c1-11-10-12(16)7-9-18(11)21(19,20)15-6-2-5-14-13(15)4-3-8-17-14/h2-6,8,11-12H,7,9-10,16H2,1H3/t11-,12-/m1/s1. The van der Waals surface area contributed by atoms with E-state index in [0.717, 1.165) is 0 Å². The first-order valence-corrected chi connectivity index (χ1v) is 8.55. The molecule has 0 amide bonds. The van der Waals surface area contributed by atoms with Gasteiger partial charge in [0.05, 0.1) is 10.4 Å². The molecule has 1 aliphatic rings. The van der Waals surface area contributed by atoms with E-state index in [9.17, 15) is 8.42 Å². The van der Waals surface area contributed by atoms with Gasteiger partial charge in [0.2, 0.25) is 10.0 Å². The summed E-state index contributed by atoms with van der Waals surface area (Å²) in [6, 6.07) is 8.78. The number of benzene rings is 1. The third-order valence-corrected chi connectivity index (χ3v) is 6.12. The molecule has 0 bridgehead atoms. The molecular weight excluding hydrogens is 286 g/mol. The maximum atomic E-state index is 13.0. The molecule has 6 heteroatoms. The van der Waals surface area contributed by atoms with Gasteiger partial charge in [-0.3, -0.25) is 4.98 Å². The molecule has 2 N–H and O–H groups in total. The van der Waals surface area contributed by atoms with Crippen LogP contribution in [-0.4, -0.2) is 36.3 Å². The molecule has 3 rings (SSSR count). The van der Waals surface area contributed by atoms with Gasteiger partial charge >= 0.3 is 0 Å². The number of hydrogen-bond donors (Lipinski definition) is 1. The van der Waals surface area contributed by atoms with Crippen molar-refractivity contribution in [2.75, 3.05) is 6.54 Å². The molecule has 1 aromatic carbocycles. The predicted octanol–water partition coefficient (Wildman–Crippen LogP) is 1.74. The molecule has 1 aliphatic heterocycles. The minimum absolute atomic E-state index is 0.0781. The minimum Gasteiger partial charge on any atom is -0.328 e. The second-order valence-corrected chi connectivity index (χ2v) is 7.43. The second kappa shape index (κ2) is 5.36. The van der Waals surface area contributed by atoms with Crippen molar-refractivity contribution in [3.8, 4) is 0 Å². The van der Waals surface area contributed by atoms with Crippen LogP contribution in [0, 0.1) is 0 Å². The third kappa shape index (κ3) is 2.54. The molecule has 1 aromatic heterocycles. The van der Waals surface area contributed by atoms with E-state index in [1.54, 1.807) is 34.8 Å². The lowest BCUT2D eigenvalue weighted by molar-refractivity contribution is 0.247. The fraction of sp³-hybridized carbons (Fsp3) is 0.400. The van der Waals surface area contributed by atoms with Gasteiger partial charge in [-0.25, -0.2) is 8.42 Å². The van der Waals surface area contributed by atoms with E-state index in [-0.39, 0.29) is 12.1 Å². The van der Waals surface area contributed by atoms with Crippen LogP contribution in [0.4, 0.5) is 0 Å². The lowest BCUT2D eigenvalue weighted by Crippen LogP contribution is -2.48. The molecule has 0 unspecified atom stereocenters. The number of nitrogens with two attached hydrogens (primary N) is 1. The molecule has 0 saturated carbocycles. The fourth-order valence-corrected chi connectivity index (χ4v) is 4.83. The molecule has 1 saturated heterocycles. The van der Waals surface area contributed by atoms with E-state index in [4.69, 9.17) is 5.73 Å². The highest BCUT2D eigenvalue weighted by Crippen LogP contribution is 2.28. The Kier molecular flexibility index (Phi) is 3.69. The second-order valence-electron chi connectivity index (χ2n) is 5.58. The number of fused-ring (bicyclic) bond motifs is 1. The highest BCUT2D eigenvalue weighted by molar-refractivity contribution is 7.89. The minimum atomic E-state index is -3.52. The number of hydrogen-bond acceptors (Lipinski definition) is 4. The zero-order valence-electron chi connectivity index (χ0n) is 11.9. The summed E-state index contributed by atoms with van der Waals surface area (Å²) in [4.78, 5) is 4.56. The van der Waals surface area contributed by atoms with Gasteiger partial charge in [-0.2, -0.15) is 4.31 Å². The Morgan fingerprint density at radius 1 is 1.29 bits per heavy atom. The monoisotopic (exact) mass is 305 g/mol. The third-order valence-electron chi connectivity index (χ3n) is 4.05. The van der Waals surface area contributed by atoms with Crippen LogP contribution in [0.3, 0.4) is 0 Å². The quantitative estimate of drug-likeness (QED) is 0.917. The average molecular weight is 305 g/mol. The van der Waals surface area contributed by atoms with Crippen molar-refractivity contribution in [1.29, 1.82) is 0 Å². The normalized spacial score (nSPS) is 24.3. The van der Waals surface area contributed by atoms with Crippen LogP contribution in [0.15, 0.2) is 41.4 Å². The molecule has 2 atom stereocenters. The van der Waals surface area contributed by atoms with Crippen molar-refractivity contribution in [3.63, 3.8) is 0 Å². The zero-order chi connectivity index (χ0) is 15.0. The summed E-state index contributed by atoms with van der Waals surface area (Å²) in [6.45, 7) is 2.39. The lowest BCUT2D eigenvalue weighted by atomic mass is 10.0. The summed E-state index contributed by atoms with van der Waals surface area (Å²) in [7, 11) is -3.52. The summed E-state index contributed by atoms with van der Waals surface area (Å²) >= 11 is 0. The maximum absolute atomic E-state index is 13.0. The van der Waals surface area contributed by atoms with Crippen LogP contribution in [0.1, 0.15) is 19.8 Å². The van der Waals surface area contributed by atoms with Gasteiger partial charge in [0.25, 0.3) is 0 Å². The van der Waals surface area contributed by atoms with Crippen molar-refractivity contribution < 1.29 is 8.42 Å². The molecule has 2 heterocycles. The van der Waals surface area contributed by atoms with E-state index in [1.165, 1.54) is 0 Å². The topological polar surface area (TPSA) is 76.3 Å². The molecule has 112 valence electrons. The lowest BCUT2D eigenvalue weighted by Gasteiger charge is -2.35. The summed E-state index contributed by atoms with van der Waals surface area (Å²) < 4.78 is 27.5. The SMILES string of the molecule is C[C@@H]1C[C@H](N)CCN1S(=O)(=O)c1cccc2ncccc12. The average Bonchev–Trinajstić information content (AvgIpc) is 2.46. The Labute approximate surface area is 124 Å². The van der Waals surface area contributed by atoms with Gasteiger partial charge in [-0.05, 0) is 44.0 Å². The van der Waals surface area contributed by atoms with Crippen molar-refractivity contribution in [1.82, 2.24) is 9.29 Å².